The second-order valence-corrected chi connectivity index (χ2v) is 4.57. The van der Waals surface area contributed by atoms with Crippen molar-refractivity contribution in [3.8, 4) is 0 Å². The minimum absolute atomic E-state index is 0.243. The lowest BCUT2D eigenvalue weighted by molar-refractivity contribution is -0.141. The van der Waals surface area contributed by atoms with Crippen molar-refractivity contribution in [2.45, 2.75) is 19.5 Å². The minimum atomic E-state index is -4.41. The zero-order chi connectivity index (χ0) is 14.6. The molecule has 2 rings (SSSR count). The predicted molar refractivity (Wildman–Crippen MR) is 72.6 cm³/mol. The van der Waals surface area contributed by atoms with Crippen molar-refractivity contribution in [1.29, 1.82) is 0 Å². The summed E-state index contributed by atoms with van der Waals surface area (Å²) in [6.45, 7) is 2.54. The average Bonchev–Trinajstić information content (AvgIpc) is 2.38. The van der Waals surface area contributed by atoms with Crippen LogP contribution in [-0.2, 0) is 12.6 Å². The van der Waals surface area contributed by atoms with Gasteiger partial charge in [0.1, 0.15) is 11.5 Å². The molecule has 2 nitrogen and oxygen atoms in total. The van der Waals surface area contributed by atoms with Gasteiger partial charge in [-0.1, -0.05) is 35.9 Å². The van der Waals surface area contributed by atoms with Crippen molar-refractivity contribution < 1.29 is 13.2 Å². The van der Waals surface area contributed by atoms with Crippen LogP contribution in [0.25, 0.3) is 0 Å². The van der Waals surface area contributed by atoms with Crippen LogP contribution < -0.4 is 5.32 Å². The number of aryl methyl sites for hydroxylation is 1. The number of aromatic nitrogens is 1. The molecule has 0 atom stereocenters. The molecule has 106 valence electrons. The summed E-state index contributed by atoms with van der Waals surface area (Å²) in [7, 11) is 0. The zero-order valence-electron chi connectivity index (χ0n) is 11.0. The van der Waals surface area contributed by atoms with Gasteiger partial charge in [-0.3, -0.25) is 0 Å². The molecule has 1 aromatic carbocycles. The molecular weight excluding hydrogens is 265 g/mol. The van der Waals surface area contributed by atoms with Crippen LogP contribution in [0, 0.1) is 6.92 Å². The van der Waals surface area contributed by atoms with E-state index < -0.39 is 11.9 Å². The Kier molecular flexibility index (Phi) is 4.27. The Morgan fingerprint density at radius 3 is 2.55 bits per heavy atom. The van der Waals surface area contributed by atoms with E-state index in [1.54, 1.807) is 0 Å². The van der Waals surface area contributed by atoms with Crippen LogP contribution in [-0.4, -0.2) is 11.5 Å². The number of benzene rings is 1. The van der Waals surface area contributed by atoms with E-state index in [-0.39, 0.29) is 5.82 Å². The summed E-state index contributed by atoms with van der Waals surface area (Å²) in [6, 6.07) is 11.9. The Morgan fingerprint density at radius 2 is 1.85 bits per heavy atom. The Hall–Kier alpha value is -2.04. The molecule has 1 N–H and O–H groups in total. The van der Waals surface area contributed by atoms with Gasteiger partial charge in [0.2, 0.25) is 0 Å². The van der Waals surface area contributed by atoms with Crippen LogP contribution in [0.2, 0.25) is 0 Å². The van der Waals surface area contributed by atoms with Crippen molar-refractivity contribution in [2.75, 3.05) is 11.9 Å². The third kappa shape index (κ3) is 3.98. The molecule has 5 heteroatoms. The number of anilines is 1. The van der Waals surface area contributed by atoms with Crippen LogP contribution in [0.3, 0.4) is 0 Å². The summed E-state index contributed by atoms with van der Waals surface area (Å²) in [5.41, 5.74) is 1.43. The van der Waals surface area contributed by atoms with Gasteiger partial charge in [0.15, 0.2) is 0 Å². The molecule has 1 heterocycles. The smallest absolute Gasteiger partial charge is 0.370 e. The summed E-state index contributed by atoms with van der Waals surface area (Å²) < 4.78 is 37.5. The standard InChI is InChI=1S/C15H15F3N2/c1-11-4-2-5-12(10-11)8-9-19-14-7-3-6-13(20-14)15(16,17)18/h2-7,10H,8-9H2,1H3,(H,19,20). The monoisotopic (exact) mass is 280 g/mol. The largest absolute Gasteiger partial charge is 0.433 e. The molecule has 1 aromatic heterocycles. The van der Waals surface area contributed by atoms with Crippen molar-refractivity contribution >= 4 is 5.82 Å². The molecule has 0 unspecified atom stereocenters. The van der Waals surface area contributed by atoms with E-state index in [0.717, 1.165) is 18.1 Å². The third-order valence-electron chi connectivity index (χ3n) is 2.84. The lowest BCUT2D eigenvalue weighted by Gasteiger charge is -2.09. The van der Waals surface area contributed by atoms with Crippen LogP contribution in [0.15, 0.2) is 42.5 Å². The fourth-order valence-corrected chi connectivity index (χ4v) is 1.89. The summed E-state index contributed by atoms with van der Waals surface area (Å²) >= 11 is 0. The number of nitrogens with zero attached hydrogens (tertiary/aromatic N) is 1. The van der Waals surface area contributed by atoms with Gasteiger partial charge in [-0.15, -0.1) is 0 Å². The molecule has 0 saturated heterocycles. The Bertz CT molecular complexity index is 579. The molecule has 0 spiro atoms. The number of hydrogen-bond acceptors (Lipinski definition) is 2. The normalized spacial score (nSPS) is 11.4. The lowest BCUT2D eigenvalue weighted by Crippen LogP contribution is -2.11. The second kappa shape index (κ2) is 5.94. The Balaban J connectivity index is 1.94. The molecule has 0 aliphatic rings. The first-order valence-corrected chi connectivity index (χ1v) is 6.29. The number of halogens is 3. The minimum Gasteiger partial charge on any atom is -0.370 e. The van der Waals surface area contributed by atoms with E-state index in [9.17, 15) is 13.2 Å². The molecule has 0 aliphatic carbocycles. The zero-order valence-corrected chi connectivity index (χ0v) is 11.0. The molecule has 0 fully saturated rings. The second-order valence-electron chi connectivity index (χ2n) is 4.57. The highest BCUT2D eigenvalue weighted by molar-refractivity contribution is 5.36. The number of alkyl halides is 3. The van der Waals surface area contributed by atoms with E-state index in [1.165, 1.54) is 17.7 Å². The van der Waals surface area contributed by atoms with E-state index in [4.69, 9.17) is 0 Å². The van der Waals surface area contributed by atoms with Crippen LogP contribution in [0.5, 0.6) is 0 Å². The Labute approximate surface area is 115 Å². The van der Waals surface area contributed by atoms with E-state index in [0.29, 0.717) is 6.54 Å². The van der Waals surface area contributed by atoms with Gasteiger partial charge in [-0.05, 0) is 31.0 Å². The van der Waals surface area contributed by atoms with Gasteiger partial charge in [-0.25, -0.2) is 4.98 Å². The summed E-state index contributed by atoms with van der Waals surface area (Å²) in [6.07, 6.45) is -3.67. The lowest BCUT2D eigenvalue weighted by atomic mass is 10.1. The quantitative estimate of drug-likeness (QED) is 0.913. The highest BCUT2D eigenvalue weighted by Crippen LogP contribution is 2.28. The maximum atomic E-state index is 12.5. The summed E-state index contributed by atoms with van der Waals surface area (Å²) in [4.78, 5) is 3.56. The maximum absolute atomic E-state index is 12.5. The van der Waals surface area contributed by atoms with E-state index >= 15 is 0 Å². The molecule has 0 saturated carbocycles. The van der Waals surface area contributed by atoms with Crippen molar-refractivity contribution in [1.82, 2.24) is 4.98 Å². The SMILES string of the molecule is Cc1cccc(CCNc2cccc(C(F)(F)F)n2)c1. The molecule has 0 radical (unpaired) electrons. The predicted octanol–water partition coefficient (Wildman–Crippen LogP) is 4.06. The molecule has 20 heavy (non-hydrogen) atoms. The van der Waals surface area contributed by atoms with E-state index in [2.05, 4.69) is 16.4 Å². The third-order valence-corrected chi connectivity index (χ3v) is 2.84. The summed E-state index contributed by atoms with van der Waals surface area (Å²) in [5, 5.41) is 2.91. The van der Waals surface area contributed by atoms with Crippen molar-refractivity contribution in [2.24, 2.45) is 0 Å². The van der Waals surface area contributed by atoms with Crippen LogP contribution in [0.1, 0.15) is 16.8 Å². The molecular formula is C15H15F3N2. The summed E-state index contributed by atoms with van der Waals surface area (Å²) in [5.74, 6) is 0.243. The Morgan fingerprint density at radius 1 is 1.10 bits per heavy atom. The van der Waals surface area contributed by atoms with Crippen LogP contribution in [0.4, 0.5) is 19.0 Å². The van der Waals surface area contributed by atoms with Gasteiger partial charge >= 0.3 is 6.18 Å². The molecule has 0 aliphatic heterocycles. The fraction of sp³-hybridized carbons (Fsp3) is 0.267. The molecule has 0 bridgehead atoms. The van der Waals surface area contributed by atoms with Gasteiger partial charge in [-0.2, -0.15) is 13.2 Å². The fourth-order valence-electron chi connectivity index (χ4n) is 1.89. The number of nitrogens with one attached hydrogen (secondary N) is 1. The number of rotatable bonds is 4. The number of pyridine rings is 1. The van der Waals surface area contributed by atoms with Gasteiger partial charge in [0, 0.05) is 6.54 Å². The van der Waals surface area contributed by atoms with Crippen molar-refractivity contribution in [3.63, 3.8) is 0 Å². The topological polar surface area (TPSA) is 24.9 Å². The molecule has 0 amide bonds. The number of hydrogen-bond donors (Lipinski definition) is 1. The van der Waals surface area contributed by atoms with Gasteiger partial charge in [0.25, 0.3) is 0 Å². The van der Waals surface area contributed by atoms with Crippen LogP contribution >= 0.6 is 0 Å². The molecule has 2 aromatic rings. The average molecular weight is 280 g/mol. The highest BCUT2D eigenvalue weighted by atomic mass is 19.4. The van der Waals surface area contributed by atoms with Gasteiger partial charge in [0.05, 0.1) is 0 Å². The first kappa shape index (κ1) is 14.4. The van der Waals surface area contributed by atoms with Gasteiger partial charge < -0.3 is 5.32 Å². The van der Waals surface area contributed by atoms with Crippen molar-refractivity contribution in [3.05, 3.63) is 59.3 Å². The first-order valence-electron chi connectivity index (χ1n) is 6.29. The first-order chi connectivity index (χ1) is 9.45. The maximum Gasteiger partial charge on any atom is 0.433 e. The van der Waals surface area contributed by atoms with E-state index in [1.807, 2.05) is 25.1 Å². The highest BCUT2D eigenvalue weighted by Gasteiger charge is 2.32.